The average Bonchev–Trinajstić information content (AvgIpc) is 3.47. The maximum absolute atomic E-state index is 6.29. The molecule has 251 valence electrons. The van der Waals surface area contributed by atoms with Crippen molar-refractivity contribution < 1.29 is 24.5 Å². The van der Waals surface area contributed by atoms with Gasteiger partial charge in [0.25, 0.3) is 0 Å². The number of aryl methyl sites for hydroxylation is 1. The molecule has 0 saturated carbocycles. The Morgan fingerprint density at radius 2 is 1.35 bits per heavy atom. The molecule has 3 heterocycles. The van der Waals surface area contributed by atoms with E-state index in [-0.39, 0.29) is 20.1 Å². The van der Waals surface area contributed by atoms with Gasteiger partial charge in [-0.2, -0.15) is 0 Å². The summed E-state index contributed by atoms with van der Waals surface area (Å²) in [6.07, 6.45) is 4.05. The minimum atomic E-state index is -1.34. The van der Waals surface area contributed by atoms with E-state index in [0.29, 0.717) is 11.8 Å². The van der Waals surface area contributed by atoms with E-state index >= 15 is 0 Å². The van der Waals surface area contributed by atoms with Crippen molar-refractivity contribution in [1.29, 1.82) is 0 Å². The minimum Gasteiger partial charge on any atom is -0.501 e. The van der Waals surface area contributed by atoms with Gasteiger partial charge in [0.05, 0.1) is 13.7 Å². The Morgan fingerprint density at radius 3 is 2.02 bits per heavy atom. The number of furan rings is 1. The smallest absolute Gasteiger partial charge is 0.120 e. The first-order valence-corrected chi connectivity index (χ1v) is 20.4. The molecule has 0 aliphatic rings. The quantitative estimate of drug-likeness (QED) is 0.124. The summed E-state index contributed by atoms with van der Waals surface area (Å²) in [5.74, 6) is 0.979. The van der Waals surface area contributed by atoms with Crippen LogP contribution in [-0.4, -0.2) is 18.0 Å². The zero-order valence-corrected chi connectivity index (χ0v) is 33.1. The standard InChI is InChI=1S/C27H22NO.C17H22NSi.Ir/c1-17(2)23-15-25(28-16-18(23)3)22-11-7-10-21-24-14-20(19-8-5-4-6-9-19)12-13-26(24)29-27(21)22;1-13(2)15-11-16(14-9-7-6-8-10-14)18-12-17(15)19(3,4)5;/h4-10,12-17H,1-3H3;6-9,11-13H,1-5H3;/q2*-1;. The third-order valence-corrected chi connectivity index (χ3v) is 10.9. The van der Waals surface area contributed by atoms with Crippen molar-refractivity contribution in [3.8, 4) is 33.6 Å². The summed E-state index contributed by atoms with van der Waals surface area (Å²) in [7, 11) is -1.34. The predicted molar refractivity (Wildman–Crippen MR) is 206 cm³/mol. The molecule has 4 aromatic carbocycles. The Hall–Kier alpha value is -4.15. The molecular weight excluding hydrogens is 793 g/mol. The van der Waals surface area contributed by atoms with Crippen LogP contribution in [0.2, 0.25) is 19.6 Å². The Morgan fingerprint density at radius 1 is 0.653 bits per heavy atom. The number of rotatable bonds is 6. The van der Waals surface area contributed by atoms with Crippen molar-refractivity contribution >= 4 is 35.2 Å². The Labute approximate surface area is 306 Å². The summed E-state index contributed by atoms with van der Waals surface area (Å²) in [5.41, 5.74) is 12.0. The van der Waals surface area contributed by atoms with Gasteiger partial charge < -0.3 is 14.4 Å². The largest absolute Gasteiger partial charge is 0.501 e. The second kappa shape index (κ2) is 15.2. The summed E-state index contributed by atoms with van der Waals surface area (Å²) < 4.78 is 6.29. The predicted octanol–water partition coefficient (Wildman–Crippen LogP) is 11.8. The average molecular weight is 837 g/mol. The Bertz CT molecular complexity index is 2180. The third kappa shape index (κ3) is 7.86. The number of aromatic nitrogens is 2. The fourth-order valence-electron chi connectivity index (χ4n) is 6.32. The van der Waals surface area contributed by atoms with Gasteiger partial charge in [0.2, 0.25) is 0 Å². The molecule has 3 aromatic heterocycles. The molecule has 0 saturated heterocycles. The van der Waals surface area contributed by atoms with Crippen molar-refractivity contribution in [3.63, 3.8) is 0 Å². The van der Waals surface area contributed by atoms with Crippen LogP contribution >= 0.6 is 0 Å². The molecule has 3 nitrogen and oxygen atoms in total. The summed E-state index contributed by atoms with van der Waals surface area (Å²) in [4.78, 5) is 9.35. The second-order valence-corrected chi connectivity index (χ2v) is 19.2. The van der Waals surface area contributed by atoms with E-state index in [2.05, 4.69) is 149 Å². The second-order valence-electron chi connectivity index (χ2n) is 14.2. The number of benzene rings is 4. The maximum atomic E-state index is 6.29. The van der Waals surface area contributed by atoms with Gasteiger partial charge in [0, 0.05) is 37.9 Å². The van der Waals surface area contributed by atoms with E-state index in [1.54, 1.807) is 0 Å². The molecule has 7 rings (SSSR count). The number of pyridine rings is 2. The van der Waals surface area contributed by atoms with Gasteiger partial charge in [-0.25, -0.2) is 0 Å². The van der Waals surface area contributed by atoms with Crippen molar-refractivity contribution in [1.82, 2.24) is 9.97 Å². The molecule has 0 atom stereocenters. The fraction of sp³-hybridized carbons (Fsp3) is 0.227. The van der Waals surface area contributed by atoms with Gasteiger partial charge in [-0.15, -0.1) is 54.1 Å². The van der Waals surface area contributed by atoms with Crippen LogP contribution in [0.25, 0.3) is 55.6 Å². The van der Waals surface area contributed by atoms with Gasteiger partial charge in [-0.1, -0.05) is 112 Å². The minimum absolute atomic E-state index is 0. The first-order chi connectivity index (χ1) is 23.0. The molecule has 0 bridgehead atoms. The summed E-state index contributed by atoms with van der Waals surface area (Å²) in [5, 5.41) is 3.69. The summed E-state index contributed by atoms with van der Waals surface area (Å²) >= 11 is 0. The van der Waals surface area contributed by atoms with E-state index in [4.69, 9.17) is 4.42 Å². The van der Waals surface area contributed by atoms with Crippen LogP contribution in [-0.2, 0) is 20.1 Å². The molecule has 0 spiro atoms. The van der Waals surface area contributed by atoms with Crippen molar-refractivity contribution in [3.05, 3.63) is 138 Å². The number of hydrogen-bond acceptors (Lipinski definition) is 3. The molecule has 0 unspecified atom stereocenters. The van der Waals surface area contributed by atoms with Gasteiger partial charge in [0.1, 0.15) is 5.58 Å². The zero-order valence-electron chi connectivity index (χ0n) is 29.7. The molecule has 0 aliphatic carbocycles. The van der Waals surface area contributed by atoms with Crippen LogP contribution in [0.3, 0.4) is 0 Å². The summed E-state index contributed by atoms with van der Waals surface area (Å²) in [6.45, 7) is 18.2. The SMILES string of the molecule is CC(C)c1cc(-c2[c-]cccc2)ncc1[Si](C)(C)C.Cc1cnc(-c2[c-]ccc3c2oc2ccc(-c4ccccc4)cc23)cc1C(C)C.[Ir]. The van der Waals surface area contributed by atoms with E-state index in [1.807, 2.05) is 36.5 Å². The van der Waals surface area contributed by atoms with E-state index in [9.17, 15) is 0 Å². The van der Waals surface area contributed by atoms with Crippen LogP contribution in [0.5, 0.6) is 0 Å². The molecule has 7 aromatic rings. The molecule has 49 heavy (non-hydrogen) atoms. The van der Waals surface area contributed by atoms with Crippen molar-refractivity contribution in [2.45, 2.75) is 66.1 Å². The van der Waals surface area contributed by atoms with Crippen LogP contribution < -0.4 is 5.19 Å². The fourth-order valence-corrected chi connectivity index (χ4v) is 7.99. The topological polar surface area (TPSA) is 38.9 Å². The molecule has 5 heteroatoms. The monoisotopic (exact) mass is 837 g/mol. The number of hydrogen-bond donors (Lipinski definition) is 0. The number of nitrogens with zero attached hydrogens (tertiary/aromatic N) is 2. The van der Waals surface area contributed by atoms with Gasteiger partial charge in [0.15, 0.2) is 0 Å². The van der Waals surface area contributed by atoms with Gasteiger partial charge in [-0.05, 0) is 69.7 Å². The molecule has 0 fully saturated rings. The van der Waals surface area contributed by atoms with Crippen LogP contribution in [0.1, 0.15) is 56.2 Å². The maximum Gasteiger partial charge on any atom is 0.120 e. The van der Waals surface area contributed by atoms with Gasteiger partial charge >= 0.3 is 0 Å². The molecule has 0 amide bonds. The van der Waals surface area contributed by atoms with E-state index < -0.39 is 8.07 Å². The first kappa shape index (κ1) is 36.1. The van der Waals surface area contributed by atoms with Crippen LogP contribution in [0.4, 0.5) is 0 Å². The first-order valence-electron chi connectivity index (χ1n) is 16.9. The van der Waals surface area contributed by atoms with Crippen molar-refractivity contribution in [2.24, 2.45) is 0 Å². The molecule has 0 N–H and O–H groups in total. The normalized spacial score (nSPS) is 11.5. The van der Waals surface area contributed by atoms with Crippen LogP contribution in [0, 0.1) is 19.1 Å². The molecule has 1 radical (unpaired) electrons. The number of fused-ring (bicyclic) bond motifs is 3. The van der Waals surface area contributed by atoms with E-state index in [0.717, 1.165) is 44.5 Å². The summed E-state index contributed by atoms with van der Waals surface area (Å²) in [6, 6.07) is 40.0. The Balaban J connectivity index is 0.000000205. The third-order valence-electron chi connectivity index (χ3n) is 8.91. The van der Waals surface area contributed by atoms with E-state index in [1.165, 1.54) is 33.0 Å². The zero-order chi connectivity index (χ0) is 34.0. The van der Waals surface area contributed by atoms with Crippen molar-refractivity contribution in [2.75, 3.05) is 0 Å². The molecule has 0 aliphatic heterocycles. The molecular formula is C44H44IrN2OSi-2. The van der Waals surface area contributed by atoms with Crippen LogP contribution in [0.15, 0.2) is 114 Å². The Kier molecular flexibility index (Phi) is 11.2. The van der Waals surface area contributed by atoms with Gasteiger partial charge in [-0.3, -0.25) is 0 Å².